The third kappa shape index (κ3) is 1.92. The van der Waals surface area contributed by atoms with Gasteiger partial charge in [0.1, 0.15) is 0 Å². The summed E-state index contributed by atoms with van der Waals surface area (Å²) in [4.78, 5) is 0. The van der Waals surface area contributed by atoms with Crippen LogP contribution >= 0.6 is 15.9 Å². The molecule has 1 aliphatic carbocycles. The van der Waals surface area contributed by atoms with Crippen LogP contribution in [-0.4, -0.2) is 9.78 Å². The minimum absolute atomic E-state index is 0.410. The highest BCUT2D eigenvalue weighted by Gasteiger charge is 2.33. The minimum atomic E-state index is 0.410. The highest BCUT2D eigenvalue weighted by Crippen LogP contribution is 2.43. The zero-order valence-electron chi connectivity index (χ0n) is 8.88. The molecular formula is C13H13BrN2. The normalized spacial score (nSPS) is 17.3. The van der Waals surface area contributed by atoms with Crippen molar-refractivity contribution < 1.29 is 0 Å². The van der Waals surface area contributed by atoms with Crippen molar-refractivity contribution in [1.29, 1.82) is 0 Å². The van der Waals surface area contributed by atoms with Gasteiger partial charge in [-0.25, -0.2) is 0 Å². The monoisotopic (exact) mass is 276 g/mol. The Hall–Kier alpha value is -1.09. The lowest BCUT2D eigenvalue weighted by Gasteiger charge is -2.17. The molecule has 1 aromatic heterocycles. The third-order valence-corrected chi connectivity index (χ3v) is 3.47. The molecule has 0 spiro atoms. The molecule has 0 radical (unpaired) electrons. The Morgan fingerprint density at radius 2 is 2.00 bits per heavy atom. The van der Waals surface area contributed by atoms with E-state index in [4.69, 9.17) is 0 Å². The first-order chi connectivity index (χ1) is 7.84. The largest absolute Gasteiger partial charge is 0.264 e. The summed E-state index contributed by atoms with van der Waals surface area (Å²) in [6.45, 7) is 0. The molecule has 16 heavy (non-hydrogen) atoms. The van der Waals surface area contributed by atoms with Crippen LogP contribution in [0.2, 0.25) is 0 Å². The van der Waals surface area contributed by atoms with E-state index in [0.717, 1.165) is 10.4 Å². The summed E-state index contributed by atoms with van der Waals surface area (Å²) >= 11 is 3.46. The highest BCUT2D eigenvalue weighted by atomic mass is 79.9. The van der Waals surface area contributed by atoms with E-state index in [9.17, 15) is 0 Å². The SMILES string of the molecule is Brc1cnn(C(c2ccccc2)C2CC2)c1. The third-order valence-electron chi connectivity index (χ3n) is 3.06. The van der Waals surface area contributed by atoms with Gasteiger partial charge >= 0.3 is 0 Å². The Morgan fingerprint density at radius 3 is 2.56 bits per heavy atom. The maximum absolute atomic E-state index is 4.42. The molecule has 0 N–H and O–H groups in total. The standard InChI is InChI=1S/C13H13BrN2/c14-12-8-15-16(9-12)13(11-6-7-11)10-4-2-1-3-5-10/h1-5,8-9,11,13H,6-7H2. The van der Waals surface area contributed by atoms with E-state index >= 15 is 0 Å². The van der Waals surface area contributed by atoms with Crippen LogP contribution in [0.1, 0.15) is 24.4 Å². The van der Waals surface area contributed by atoms with Gasteiger partial charge in [-0.05, 0) is 40.3 Å². The lowest BCUT2D eigenvalue weighted by molar-refractivity contribution is 0.470. The second kappa shape index (κ2) is 4.06. The molecule has 1 aliphatic rings. The molecule has 82 valence electrons. The zero-order valence-corrected chi connectivity index (χ0v) is 10.5. The van der Waals surface area contributed by atoms with Crippen LogP contribution in [0.15, 0.2) is 47.2 Å². The number of hydrogen-bond acceptors (Lipinski definition) is 1. The van der Waals surface area contributed by atoms with Crippen LogP contribution in [-0.2, 0) is 0 Å². The Morgan fingerprint density at radius 1 is 1.25 bits per heavy atom. The van der Waals surface area contributed by atoms with E-state index in [1.807, 2.05) is 6.20 Å². The van der Waals surface area contributed by atoms with Crippen LogP contribution in [0.5, 0.6) is 0 Å². The van der Waals surface area contributed by atoms with Crippen LogP contribution < -0.4 is 0 Å². The fourth-order valence-corrected chi connectivity index (χ4v) is 2.47. The molecule has 1 saturated carbocycles. The fourth-order valence-electron chi connectivity index (χ4n) is 2.17. The van der Waals surface area contributed by atoms with Crippen LogP contribution in [0, 0.1) is 5.92 Å². The maximum Gasteiger partial charge on any atom is 0.0797 e. The zero-order chi connectivity index (χ0) is 11.0. The molecule has 0 amide bonds. The lowest BCUT2D eigenvalue weighted by atomic mass is 10.0. The molecule has 0 saturated heterocycles. The van der Waals surface area contributed by atoms with Gasteiger partial charge in [0.15, 0.2) is 0 Å². The number of nitrogens with zero attached hydrogens (tertiary/aromatic N) is 2. The lowest BCUT2D eigenvalue weighted by Crippen LogP contribution is -2.13. The summed E-state index contributed by atoms with van der Waals surface area (Å²) in [5.41, 5.74) is 1.36. The van der Waals surface area contributed by atoms with Gasteiger partial charge in [-0.2, -0.15) is 5.10 Å². The van der Waals surface area contributed by atoms with Gasteiger partial charge < -0.3 is 0 Å². The number of halogens is 1. The Bertz CT molecular complexity index is 474. The van der Waals surface area contributed by atoms with Crippen molar-refractivity contribution in [1.82, 2.24) is 9.78 Å². The molecule has 0 aliphatic heterocycles. The van der Waals surface area contributed by atoms with Gasteiger partial charge in [0, 0.05) is 6.20 Å². The molecule has 0 bridgehead atoms. The van der Waals surface area contributed by atoms with E-state index in [2.05, 4.69) is 62.2 Å². The molecule has 1 fully saturated rings. The first-order valence-electron chi connectivity index (χ1n) is 5.59. The van der Waals surface area contributed by atoms with Crippen molar-refractivity contribution in [2.24, 2.45) is 5.92 Å². The molecule has 3 rings (SSSR count). The summed E-state index contributed by atoms with van der Waals surface area (Å²) in [6, 6.07) is 11.1. The van der Waals surface area contributed by atoms with Gasteiger partial charge in [0.25, 0.3) is 0 Å². The van der Waals surface area contributed by atoms with Crippen molar-refractivity contribution in [2.75, 3.05) is 0 Å². The van der Waals surface area contributed by atoms with Crippen molar-refractivity contribution in [3.63, 3.8) is 0 Å². The smallest absolute Gasteiger partial charge is 0.0797 e. The van der Waals surface area contributed by atoms with E-state index in [0.29, 0.717) is 6.04 Å². The molecule has 1 unspecified atom stereocenters. The van der Waals surface area contributed by atoms with E-state index in [1.54, 1.807) is 0 Å². The van der Waals surface area contributed by atoms with Crippen molar-refractivity contribution in [3.8, 4) is 0 Å². The summed E-state index contributed by atoms with van der Waals surface area (Å²) in [5.74, 6) is 0.759. The molecule has 1 aromatic carbocycles. The predicted octanol–water partition coefficient (Wildman–Crippen LogP) is 3.65. The first kappa shape index (κ1) is 10.1. The van der Waals surface area contributed by atoms with Crippen molar-refractivity contribution >= 4 is 15.9 Å². The fraction of sp³-hybridized carbons (Fsp3) is 0.308. The molecule has 3 heteroatoms. The number of hydrogen-bond donors (Lipinski definition) is 0. The van der Waals surface area contributed by atoms with Crippen LogP contribution in [0.4, 0.5) is 0 Å². The van der Waals surface area contributed by atoms with Gasteiger partial charge in [-0.15, -0.1) is 0 Å². The van der Waals surface area contributed by atoms with E-state index in [1.165, 1.54) is 18.4 Å². The first-order valence-corrected chi connectivity index (χ1v) is 6.38. The molecule has 1 atom stereocenters. The van der Waals surface area contributed by atoms with Gasteiger partial charge in [0.05, 0.1) is 16.7 Å². The number of aromatic nitrogens is 2. The summed E-state index contributed by atoms with van der Waals surface area (Å²) < 4.78 is 3.13. The Kier molecular flexibility index (Phi) is 2.56. The highest BCUT2D eigenvalue weighted by molar-refractivity contribution is 9.10. The summed E-state index contributed by atoms with van der Waals surface area (Å²) in [5, 5.41) is 4.42. The van der Waals surface area contributed by atoms with E-state index in [-0.39, 0.29) is 0 Å². The van der Waals surface area contributed by atoms with E-state index < -0.39 is 0 Å². The van der Waals surface area contributed by atoms with Gasteiger partial charge in [0.2, 0.25) is 0 Å². The quantitative estimate of drug-likeness (QED) is 0.837. The van der Waals surface area contributed by atoms with Gasteiger partial charge in [-0.1, -0.05) is 30.3 Å². The molecule has 2 nitrogen and oxygen atoms in total. The predicted molar refractivity (Wildman–Crippen MR) is 67.2 cm³/mol. The van der Waals surface area contributed by atoms with Crippen LogP contribution in [0.25, 0.3) is 0 Å². The molecule has 2 aromatic rings. The average molecular weight is 277 g/mol. The average Bonchev–Trinajstić information content (AvgIpc) is 3.04. The minimum Gasteiger partial charge on any atom is -0.264 e. The second-order valence-electron chi connectivity index (χ2n) is 4.33. The van der Waals surface area contributed by atoms with Crippen LogP contribution in [0.3, 0.4) is 0 Å². The van der Waals surface area contributed by atoms with Crippen molar-refractivity contribution in [2.45, 2.75) is 18.9 Å². The number of benzene rings is 1. The van der Waals surface area contributed by atoms with Gasteiger partial charge in [-0.3, -0.25) is 4.68 Å². The Balaban J connectivity index is 1.98. The maximum atomic E-state index is 4.42. The number of rotatable bonds is 3. The summed E-state index contributed by atoms with van der Waals surface area (Å²) in [6.07, 6.45) is 6.56. The molecular weight excluding hydrogens is 264 g/mol. The topological polar surface area (TPSA) is 17.8 Å². The Labute approximate surface area is 103 Å². The van der Waals surface area contributed by atoms with Crippen molar-refractivity contribution in [3.05, 3.63) is 52.8 Å². The summed E-state index contributed by atoms with van der Waals surface area (Å²) in [7, 11) is 0. The molecule has 1 heterocycles. The second-order valence-corrected chi connectivity index (χ2v) is 5.25.